The lowest BCUT2D eigenvalue weighted by molar-refractivity contribution is 0.152. The van der Waals surface area contributed by atoms with Crippen LogP contribution in [-0.2, 0) is 6.42 Å². The van der Waals surface area contributed by atoms with Gasteiger partial charge in [-0.25, -0.2) is 0 Å². The van der Waals surface area contributed by atoms with E-state index in [1.165, 1.54) is 16.7 Å². The second-order valence-electron chi connectivity index (χ2n) is 6.59. The Balaban J connectivity index is 0.00000182. The molecule has 2 atom stereocenters. The van der Waals surface area contributed by atoms with E-state index in [1.807, 2.05) is 6.07 Å². The predicted octanol–water partition coefficient (Wildman–Crippen LogP) is 3.82. The number of nitrogens with zero attached hydrogens (tertiary/aromatic N) is 1. The standard InChI is InChI=1S/C18H21Br2N3O.CH4/c19-12-9-11-1-2-13-14(3-4-15(24)16(13)20)18(17(11)22-10-12)23-7-5-21-6-8-23;/h3-4,9-10,17-18,21-22,24H,1-2,5-8H2;1H4. The maximum Gasteiger partial charge on any atom is 0.130 e. The first-order valence-corrected chi connectivity index (χ1v) is 10.0. The Labute approximate surface area is 166 Å². The molecular formula is C19H25Br2N3O. The van der Waals surface area contributed by atoms with E-state index >= 15 is 0 Å². The molecule has 0 saturated carbocycles. The van der Waals surface area contributed by atoms with Crippen LogP contribution in [0.5, 0.6) is 5.75 Å². The summed E-state index contributed by atoms with van der Waals surface area (Å²) < 4.78 is 1.95. The van der Waals surface area contributed by atoms with Gasteiger partial charge in [0, 0.05) is 36.9 Å². The van der Waals surface area contributed by atoms with Gasteiger partial charge in [-0.3, -0.25) is 4.90 Å². The number of fused-ring (bicyclic) bond motifs is 2. The van der Waals surface area contributed by atoms with E-state index in [0.29, 0.717) is 5.75 Å². The molecule has 4 nitrogen and oxygen atoms in total. The zero-order valence-corrected chi connectivity index (χ0v) is 16.5. The molecule has 1 aromatic carbocycles. The number of allylic oxidation sites excluding steroid dienone is 2. The smallest absolute Gasteiger partial charge is 0.130 e. The second kappa shape index (κ2) is 7.82. The molecule has 3 aliphatic rings. The molecule has 1 saturated heterocycles. The number of phenols is 1. The Morgan fingerprint density at radius 2 is 1.88 bits per heavy atom. The van der Waals surface area contributed by atoms with Gasteiger partial charge in [0.2, 0.25) is 0 Å². The first-order valence-electron chi connectivity index (χ1n) is 8.42. The fraction of sp³-hybridized carbons (Fsp3) is 0.474. The lowest BCUT2D eigenvalue weighted by Gasteiger charge is -2.41. The Morgan fingerprint density at radius 3 is 2.64 bits per heavy atom. The van der Waals surface area contributed by atoms with Crippen molar-refractivity contribution in [3.8, 4) is 5.75 Å². The molecule has 25 heavy (non-hydrogen) atoms. The Morgan fingerprint density at radius 1 is 1.12 bits per heavy atom. The lowest BCUT2D eigenvalue weighted by atomic mass is 9.90. The van der Waals surface area contributed by atoms with Crippen molar-refractivity contribution in [2.45, 2.75) is 32.4 Å². The minimum absolute atomic E-state index is 0. The number of benzene rings is 1. The maximum absolute atomic E-state index is 10.1. The van der Waals surface area contributed by atoms with Crippen molar-refractivity contribution < 1.29 is 5.11 Å². The largest absolute Gasteiger partial charge is 0.507 e. The van der Waals surface area contributed by atoms with Gasteiger partial charge < -0.3 is 15.7 Å². The number of phenolic OH excluding ortho intramolecular Hbond substituents is 1. The van der Waals surface area contributed by atoms with Gasteiger partial charge in [-0.1, -0.05) is 13.5 Å². The summed E-state index contributed by atoms with van der Waals surface area (Å²) in [6.07, 6.45) is 6.26. The zero-order chi connectivity index (χ0) is 16.7. The number of nitrogens with one attached hydrogen (secondary N) is 2. The molecule has 4 rings (SSSR count). The summed E-state index contributed by atoms with van der Waals surface area (Å²) in [7, 11) is 0. The average Bonchev–Trinajstić information content (AvgIpc) is 2.76. The summed E-state index contributed by atoms with van der Waals surface area (Å²) in [5.74, 6) is 0.332. The van der Waals surface area contributed by atoms with Gasteiger partial charge in [0.25, 0.3) is 0 Å². The fourth-order valence-corrected chi connectivity index (χ4v) is 5.06. The number of rotatable bonds is 1. The van der Waals surface area contributed by atoms with Gasteiger partial charge in [-0.2, -0.15) is 0 Å². The van der Waals surface area contributed by atoms with Crippen molar-refractivity contribution in [3.63, 3.8) is 0 Å². The number of dihydropyridines is 1. The van der Waals surface area contributed by atoms with Crippen molar-refractivity contribution in [2.24, 2.45) is 0 Å². The summed E-state index contributed by atoms with van der Waals surface area (Å²) in [5, 5.41) is 17.2. The molecule has 1 aromatic rings. The molecule has 6 heteroatoms. The van der Waals surface area contributed by atoms with E-state index in [2.05, 4.69) is 65.7 Å². The van der Waals surface area contributed by atoms with Crippen LogP contribution < -0.4 is 10.6 Å². The highest BCUT2D eigenvalue weighted by atomic mass is 79.9. The Bertz CT molecular complexity index is 711. The van der Waals surface area contributed by atoms with Crippen molar-refractivity contribution in [2.75, 3.05) is 26.2 Å². The minimum Gasteiger partial charge on any atom is -0.507 e. The van der Waals surface area contributed by atoms with Crippen LogP contribution in [0.4, 0.5) is 0 Å². The zero-order valence-electron chi connectivity index (χ0n) is 13.4. The summed E-state index contributed by atoms with van der Waals surface area (Å²) in [4.78, 5) is 2.57. The molecule has 2 heterocycles. The van der Waals surface area contributed by atoms with Crippen molar-refractivity contribution in [3.05, 3.63) is 50.1 Å². The van der Waals surface area contributed by atoms with Crippen LogP contribution in [0.25, 0.3) is 0 Å². The molecule has 0 spiro atoms. The van der Waals surface area contributed by atoms with Gasteiger partial charge in [-0.15, -0.1) is 0 Å². The van der Waals surface area contributed by atoms with Gasteiger partial charge in [-0.05, 0) is 73.5 Å². The average molecular weight is 471 g/mol. The SMILES string of the molecule is C.Oc1ccc2c(c1Br)CCC1=CC(Br)=CNC1C2N1CCNCC1. The number of piperazine rings is 1. The van der Waals surface area contributed by atoms with Gasteiger partial charge in [0.05, 0.1) is 16.6 Å². The normalized spacial score (nSPS) is 26.2. The molecule has 136 valence electrons. The van der Waals surface area contributed by atoms with Crippen LogP contribution in [0.2, 0.25) is 0 Å². The van der Waals surface area contributed by atoms with Gasteiger partial charge >= 0.3 is 0 Å². The molecule has 0 radical (unpaired) electrons. The minimum atomic E-state index is 0. The number of aromatic hydroxyl groups is 1. The summed E-state index contributed by atoms with van der Waals surface area (Å²) in [6.45, 7) is 4.13. The topological polar surface area (TPSA) is 47.5 Å². The maximum atomic E-state index is 10.1. The molecular weight excluding hydrogens is 446 g/mol. The predicted molar refractivity (Wildman–Crippen MR) is 110 cm³/mol. The summed E-state index contributed by atoms with van der Waals surface area (Å²) >= 11 is 7.22. The number of halogens is 2. The van der Waals surface area contributed by atoms with Crippen LogP contribution in [-0.4, -0.2) is 42.2 Å². The highest BCUT2D eigenvalue weighted by Crippen LogP contribution is 2.43. The highest BCUT2D eigenvalue weighted by molar-refractivity contribution is 9.12. The molecule has 0 bridgehead atoms. The molecule has 1 aliphatic carbocycles. The van der Waals surface area contributed by atoms with Crippen molar-refractivity contribution in [1.82, 2.24) is 15.5 Å². The van der Waals surface area contributed by atoms with Gasteiger partial charge in [0.1, 0.15) is 5.75 Å². The third kappa shape index (κ3) is 3.54. The summed E-state index contributed by atoms with van der Waals surface area (Å²) in [5.41, 5.74) is 4.00. The molecule has 2 unspecified atom stereocenters. The van der Waals surface area contributed by atoms with Crippen LogP contribution in [0.15, 0.2) is 38.9 Å². The quantitative estimate of drug-likeness (QED) is 0.583. The van der Waals surface area contributed by atoms with Crippen LogP contribution in [0.3, 0.4) is 0 Å². The van der Waals surface area contributed by atoms with E-state index in [9.17, 15) is 5.11 Å². The molecule has 2 aliphatic heterocycles. The molecule has 0 aromatic heterocycles. The Hall–Kier alpha value is -0.820. The molecule has 0 amide bonds. The van der Waals surface area contributed by atoms with Crippen LogP contribution in [0.1, 0.15) is 31.0 Å². The first-order chi connectivity index (χ1) is 11.6. The molecule has 1 fully saturated rings. The third-order valence-electron chi connectivity index (χ3n) is 5.23. The Kier molecular flexibility index (Phi) is 5.93. The molecule has 3 N–H and O–H groups in total. The third-order valence-corrected chi connectivity index (χ3v) is 6.57. The van der Waals surface area contributed by atoms with Crippen molar-refractivity contribution >= 4 is 31.9 Å². The number of hydrogen-bond acceptors (Lipinski definition) is 4. The van der Waals surface area contributed by atoms with E-state index in [4.69, 9.17) is 0 Å². The van der Waals surface area contributed by atoms with Crippen molar-refractivity contribution in [1.29, 1.82) is 0 Å². The van der Waals surface area contributed by atoms with Crippen LogP contribution in [0, 0.1) is 0 Å². The number of hydrogen-bond donors (Lipinski definition) is 3. The fourth-order valence-electron chi connectivity index (χ4n) is 4.08. The van der Waals surface area contributed by atoms with E-state index in [0.717, 1.165) is 48.0 Å². The van der Waals surface area contributed by atoms with Gasteiger partial charge in [0.15, 0.2) is 0 Å². The second-order valence-corrected chi connectivity index (χ2v) is 8.30. The lowest BCUT2D eigenvalue weighted by Crippen LogP contribution is -2.51. The summed E-state index contributed by atoms with van der Waals surface area (Å²) in [6, 6.07) is 4.49. The van der Waals surface area contributed by atoms with E-state index in [1.54, 1.807) is 0 Å². The van der Waals surface area contributed by atoms with E-state index < -0.39 is 0 Å². The van der Waals surface area contributed by atoms with E-state index in [-0.39, 0.29) is 19.5 Å². The first kappa shape index (κ1) is 19.0. The van der Waals surface area contributed by atoms with Crippen LogP contribution >= 0.6 is 31.9 Å². The highest BCUT2D eigenvalue weighted by Gasteiger charge is 2.37. The monoisotopic (exact) mass is 469 g/mol.